The number of rotatable bonds is 6. The Morgan fingerprint density at radius 3 is 2.55 bits per heavy atom. The molecular weight excluding hydrogens is 330 g/mol. The van der Waals surface area contributed by atoms with Crippen molar-refractivity contribution in [2.45, 2.75) is 40.7 Å². The molecule has 0 spiro atoms. The Hall–Kier alpha value is -0.380. The fraction of sp³-hybridized carbons (Fsp3) is 0.529. The van der Waals surface area contributed by atoms with Crippen molar-refractivity contribution in [1.29, 1.82) is 0 Å². The van der Waals surface area contributed by atoms with Gasteiger partial charge in [0.05, 0.1) is 0 Å². The Morgan fingerprint density at radius 2 is 1.90 bits per heavy atom. The summed E-state index contributed by atoms with van der Waals surface area (Å²) in [5, 5.41) is 5.02. The molecule has 0 unspecified atom stereocenters. The lowest BCUT2D eigenvalue weighted by molar-refractivity contribution is 0.552. The first-order valence-corrected chi connectivity index (χ1v) is 8.99. The van der Waals surface area contributed by atoms with Gasteiger partial charge in [-0.15, -0.1) is 11.3 Å². The molecule has 0 bridgehead atoms. The normalized spacial score (nSPS) is 11.9. The second-order valence-corrected chi connectivity index (χ2v) is 8.20. The summed E-state index contributed by atoms with van der Waals surface area (Å²) < 4.78 is 2.62. The van der Waals surface area contributed by atoms with Gasteiger partial charge in [0, 0.05) is 20.6 Å². The van der Waals surface area contributed by atoms with Crippen molar-refractivity contribution in [3.63, 3.8) is 0 Å². The largest absolute Gasteiger partial charge is 0.312 e. The number of hydrogen-bond acceptors (Lipinski definition) is 2. The molecule has 0 saturated carbocycles. The molecule has 1 aromatic carbocycles. The van der Waals surface area contributed by atoms with Gasteiger partial charge in [-0.2, -0.15) is 0 Å². The molecule has 1 nitrogen and oxygen atoms in total. The topological polar surface area (TPSA) is 12.0 Å². The minimum absolute atomic E-state index is 0.690. The van der Waals surface area contributed by atoms with E-state index in [1.807, 2.05) is 11.3 Å². The van der Waals surface area contributed by atoms with E-state index in [-0.39, 0.29) is 0 Å². The van der Waals surface area contributed by atoms with Gasteiger partial charge in [0.1, 0.15) is 0 Å². The number of thiophene rings is 1. The summed E-state index contributed by atoms with van der Waals surface area (Å²) >= 11 is 5.63. The van der Waals surface area contributed by atoms with Crippen LogP contribution in [0.2, 0.25) is 0 Å². The van der Waals surface area contributed by atoms with Gasteiger partial charge in [-0.3, -0.25) is 0 Å². The molecule has 20 heavy (non-hydrogen) atoms. The first-order valence-electron chi connectivity index (χ1n) is 7.38. The Bertz CT molecular complexity index is 572. The van der Waals surface area contributed by atoms with E-state index in [4.69, 9.17) is 0 Å². The predicted octanol–water partition coefficient (Wildman–Crippen LogP) is 5.61. The molecule has 110 valence electrons. The molecule has 0 aliphatic rings. The molecule has 1 heterocycles. The summed E-state index contributed by atoms with van der Waals surface area (Å²) in [5.41, 5.74) is 1.54. The molecule has 1 aromatic heterocycles. The summed E-state index contributed by atoms with van der Waals surface area (Å²) in [6, 6.07) is 6.55. The van der Waals surface area contributed by atoms with E-state index in [2.05, 4.69) is 67.1 Å². The third kappa shape index (κ3) is 3.84. The predicted molar refractivity (Wildman–Crippen MR) is 94.6 cm³/mol. The fourth-order valence-corrected chi connectivity index (χ4v) is 4.25. The van der Waals surface area contributed by atoms with Crippen molar-refractivity contribution < 1.29 is 0 Å². The van der Waals surface area contributed by atoms with Gasteiger partial charge in [0.25, 0.3) is 0 Å². The van der Waals surface area contributed by atoms with Crippen LogP contribution < -0.4 is 5.32 Å². The van der Waals surface area contributed by atoms with Crippen LogP contribution >= 0.6 is 27.3 Å². The van der Waals surface area contributed by atoms with E-state index in [1.165, 1.54) is 25.0 Å². The van der Waals surface area contributed by atoms with Crippen molar-refractivity contribution in [1.82, 2.24) is 5.32 Å². The van der Waals surface area contributed by atoms with Crippen molar-refractivity contribution in [3.05, 3.63) is 33.1 Å². The van der Waals surface area contributed by atoms with Crippen molar-refractivity contribution >= 4 is 37.4 Å². The van der Waals surface area contributed by atoms with Gasteiger partial charge in [-0.25, -0.2) is 0 Å². The lowest BCUT2D eigenvalue weighted by Gasteiger charge is -2.10. The Balaban J connectivity index is 2.33. The van der Waals surface area contributed by atoms with E-state index >= 15 is 0 Å². The molecule has 0 amide bonds. The van der Waals surface area contributed by atoms with Gasteiger partial charge in [-0.1, -0.05) is 39.8 Å². The molecule has 2 aromatic rings. The van der Waals surface area contributed by atoms with Gasteiger partial charge >= 0.3 is 0 Å². The quantitative estimate of drug-likeness (QED) is 0.711. The summed E-state index contributed by atoms with van der Waals surface area (Å²) in [6.45, 7) is 11.2. The van der Waals surface area contributed by atoms with E-state index in [0.717, 1.165) is 19.5 Å². The third-order valence-electron chi connectivity index (χ3n) is 3.30. The highest BCUT2D eigenvalue weighted by Gasteiger charge is 2.14. The summed E-state index contributed by atoms with van der Waals surface area (Å²) in [7, 11) is 0. The van der Waals surface area contributed by atoms with E-state index in [9.17, 15) is 0 Å². The lowest BCUT2D eigenvalue weighted by Crippen LogP contribution is -2.19. The number of fused-ring (bicyclic) bond motifs is 1. The number of hydrogen-bond donors (Lipinski definition) is 1. The standard InChI is InChI=1S/C17H24BrNS/c1-11(2)8-14-13-6-5-7-15(18)17(13)20-16(14)10-19-9-12(3)4/h5-7,11-12,19H,8-10H2,1-4H3. The summed E-state index contributed by atoms with van der Waals surface area (Å²) in [6.07, 6.45) is 1.16. The minimum Gasteiger partial charge on any atom is -0.312 e. The molecular formula is C17H24BrNS. The zero-order valence-corrected chi connectivity index (χ0v) is 15.2. The van der Waals surface area contributed by atoms with Crippen LogP contribution in [0.5, 0.6) is 0 Å². The first kappa shape index (κ1) is 16.0. The van der Waals surface area contributed by atoms with E-state index in [0.29, 0.717) is 11.8 Å². The SMILES string of the molecule is CC(C)CNCc1sc2c(Br)cccc2c1CC(C)C. The van der Waals surface area contributed by atoms with Gasteiger partial charge in [0.2, 0.25) is 0 Å². The van der Waals surface area contributed by atoms with Crippen LogP contribution in [-0.2, 0) is 13.0 Å². The summed E-state index contributed by atoms with van der Waals surface area (Å²) in [5.74, 6) is 1.39. The van der Waals surface area contributed by atoms with E-state index in [1.54, 1.807) is 0 Å². The van der Waals surface area contributed by atoms with Crippen molar-refractivity contribution in [3.8, 4) is 0 Å². The Labute approximate surface area is 134 Å². The van der Waals surface area contributed by atoms with Crippen LogP contribution in [0.4, 0.5) is 0 Å². The molecule has 3 heteroatoms. The Morgan fingerprint density at radius 1 is 1.15 bits per heavy atom. The Kier molecular flexibility index (Phi) is 5.65. The average Bonchev–Trinajstić information content (AvgIpc) is 2.69. The zero-order chi connectivity index (χ0) is 14.7. The highest BCUT2D eigenvalue weighted by atomic mass is 79.9. The molecule has 2 rings (SSSR count). The highest BCUT2D eigenvalue weighted by molar-refractivity contribution is 9.10. The summed E-state index contributed by atoms with van der Waals surface area (Å²) in [4.78, 5) is 1.50. The number of nitrogens with one attached hydrogen (secondary N) is 1. The zero-order valence-electron chi connectivity index (χ0n) is 12.8. The lowest BCUT2D eigenvalue weighted by atomic mass is 10.00. The average molecular weight is 354 g/mol. The maximum absolute atomic E-state index is 3.69. The molecule has 0 saturated heterocycles. The fourth-order valence-electron chi connectivity index (χ4n) is 2.43. The van der Waals surface area contributed by atoms with Crippen LogP contribution in [0.1, 0.15) is 38.1 Å². The van der Waals surface area contributed by atoms with Crippen LogP contribution in [0.3, 0.4) is 0 Å². The van der Waals surface area contributed by atoms with Gasteiger partial charge in [0.15, 0.2) is 0 Å². The molecule has 1 N–H and O–H groups in total. The van der Waals surface area contributed by atoms with Gasteiger partial charge in [-0.05, 0) is 57.7 Å². The van der Waals surface area contributed by atoms with E-state index < -0.39 is 0 Å². The monoisotopic (exact) mass is 353 g/mol. The third-order valence-corrected chi connectivity index (χ3v) is 5.51. The molecule has 0 fully saturated rings. The maximum atomic E-state index is 3.69. The highest BCUT2D eigenvalue weighted by Crippen LogP contribution is 2.37. The number of halogens is 1. The van der Waals surface area contributed by atoms with Crippen LogP contribution in [-0.4, -0.2) is 6.54 Å². The molecule has 0 radical (unpaired) electrons. The molecule has 0 atom stereocenters. The van der Waals surface area contributed by atoms with Crippen LogP contribution in [0, 0.1) is 11.8 Å². The van der Waals surface area contributed by atoms with Crippen LogP contribution in [0.25, 0.3) is 10.1 Å². The van der Waals surface area contributed by atoms with Crippen molar-refractivity contribution in [2.24, 2.45) is 11.8 Å². The maximum Gasteiger partial charge on any atom is 0.0491 e. The second-order valence-electron chi connectivity index (χ2n) is 6.24. The van der Waals surface area contributed by atoms with Gasteiger partial charge < -0.3 is 5.32 Å². The second kappa shape index (κ2) is 7.06. The number of benzene rings is 1. The minimum atomic E-state index is 0.690. The molecule has 0 aliphatic heterocycles. The first-order chi connectivity index (χ1) is 9.49. The van der Waals surface area contributed by atoms with Crippen molar-refractivity contribution in [2.75, 3.05) is 6.54 Å². The van der Waals surface area contributed by atoms with Crippen LogP contribution in [0.15, 0.2) is 22.7 Å². The molecule has 0 aliphatic carbocycles. The smallest absolute Gasteiger partial charge is 0.0491 e.